The van der Waals surface area contributed by atoms with Crippen LogP contribution in [-0.4, -0.2) is 71.8 Å². The van der Waals surface area contributed by atoms with E-state index in [0.717, 1.165) is 19.5 Å². The highest BCUT2D eigenvalue weighted by molar-refractivity contribution is 5.85. The van der Waals surface area contributed by atoms with Gasteiger partial charge in [-0.25, -0.2) is 0 Å². The van der Waals surface area contributed by atoms with Gasteiger partial charge in [-0.2, -0.15) is 0 Å². The highest BCUT2D eigenvalue weighted by atomic mass is 16.2. The van der Waals surface area contributed by atoms with Gasteiger partial charge in [0.15, 0.2) is 0 Å². The van der Waals surface area contributed by atoms with Crippen LogP contribution in [0.15, 0.2) is 0 Å². The van der Waals surface area contributed by atoms with Crippen LogP contribution >= 0.6 is 0 Å². The van der Waals surface area contributed by atoms with Gasteiger partial charge in [-0.1, -0.05) is 12.8 Å². The summed E-state index contributed by atoms with van der Waals surface area (Å²) >= 11 is 0. The maximum Gasteiger partial charge on any atom is 0.242 e. The molecule has 140 valence electrons. The van der Waals surface area contributed by atoms with Crippen molar-refractivity contribution in [3.63, 3.8) is 0 Å². The largest absolute Gasteiger partial charge is 0.354 e. The summed E-state index contributed by atoms with van der Waals surface area (Å²) in [7, 11) is 0. The van der Waals surface area contributed by atoms with E-state index in [0.29, 0.717) is 19.0 Å². The van der Waals surface area contributed by atoms with Gasteiger partial charge in [-0.15, -0.1) is 0 Å². The van der Waals surface area contributed by atoms with Crippen molar-refractivity contribution in [2.24, 2.45) is 5.92 Å². The van der Waals surface area contributed by atoms with Crippen LogP contribution in [-0.2, 0) is 14.4 Å². The average molecular weight is 350 g/mol. The molecule has 1 saturated carbocycles. The van der Waals surface area contributed by atoms with E-state index in [9.17, 15) is 14.4 Å². The summed E-state index contributed by atoms with van der Waals surface area (Å²) in [6.45, 7) is 5.73. The number of carbonyl (C=O) groups is 3. The molecule has 7 heteroatoms. The minimum atomic E-state index is -0.281. The van der Waals surface area contributed by atoms with E-state index < -0.39 is 0 Å². The van der Waals surface area contributed by atoms with Gasteiger partial charge >= 0.3 is 0 Å². The van der Waals surface area contributed by atoms with Gasteiger partial charge in [0.2, 0.25) is 17.7 Å². The SMILES string of the molecule is CC(=O)NC[C@H]1C(=O)N2C[C@@H](NC(C)=O)C[C@H]2CN1CC1CCCC1. The van der Waals surface area contributed by atoms with E-state index in [1.807, 2.05) is 4.90 Å². The summed E-state index contributed by atoms with van der Waals surface area (Å²) in [5.41, 5.74) is 0. The summed E-state index contributed by atoms with van der Waals surface area (Å²) < 4.78 is 0. The molecule has 0 radical (unpaired) electrons. The minimum Gasteiger partial charge on any atom is -0.354 e. The summed E-state index contributed by atoms with van der Waals surface area (Å²) in [5, 5.41) is 5.78. The number of carbonyl (C=O) groups excluding carboxylic acids is 3. The molecule has 3 rings (SSSR count). The van der Waals surface area contributed by atoms with E-state index >= 15 is 0 Å². The molecule has 2 aliphatic heterocycles. The molecule has 2 saturated heterocycles. The Bertz CT molecular complexity index is 532. The van der Waals surface area contributed by atoms with Crippen LogP contribution < -0.4 is 10.6 Å². The van der Waals surface area contributed by atoms with Crippen LogP contribution in [0.3, 0.4) is 0 Å². The minimum absolute atomic E-state index is 0.0410. The molecule has 25 heavy (non-hydrogen) atoms. The first-order chi connectivity index (χ1) is 11.9. The second-order valence-electron chi connectivity index (χ2n) is 7.83. The Kier molecular flexibility index (Phi) is 5.61. The van der Waals surface area contributed by atoms with Crippen LogP contribution in [0.25, 0.3) is 0 Å². The molecule has 0 spiro atoms. The van der Waals surface area contributed by atoms with Gasteiger partial charge in [0.25, 0.3) is 0 Å². The number of fused-ring (bicyclic) bond motifs is 1. The molecule has 0 unspecified atom stereocenters. The molecule has 3 fully saturated rings. The summed E-state index contributed by atoms with van der Waals surface area (Å²) in [6.07, 6.45) is 5.85. The van der Waals surface area contributed by atoms with E-state index in [4.69, 9.17) is 0 Å². The van der Waals surface area contributed by atoms with Crippen molar-refractivity contribution in [1.82, 2.24) is 20.4 Å². The number of piperazine rings is 1. The molecular formula is C18H30N4O3. The van der Waals surface area contributed by atoms with E-state index in [1.165, 1.54) is 39.5 Å². The van der Waals surface area contributed by atoms with Crippen LogP contribution in [0.1, 0.15) is 46.0 Å². The van der Waals surface area contributed by atoms with Gasteiger partial charge in [0, 0.05) is 52.1 Å². The topological polar surface area (TPSA) is 81.8 Å². The monoisotopic (exact) mass is 350 g/mol. The third-order valence-corrected chi connectivity index (χ3v) is 5.79. The van der Waals surface area contributed by atoms with E-state index in [2.05, 4.69) is 15.5 Å². The lowest BCUT2D eigenvalue weighted by molar-refractivity contribution is -0.144. The number of nitrogens with zero attached hydrogens (tertiary/aromatic N) is 2. The van der Waals surface area contributed by atoms with Gasteiger partial charge in [0.05, 0.1) is 0 Å². The standard InChI is InChI=1S/C18H30N4O3/c1-12(23)19-8-17-18(25)22-10-15(20-13(2)24)7-16(22)11-21(17)9-14-5-3-4-6-14/h14-17H,3-11H2,1-2H3,(H,19,23)(H,20,24)/t15-,16-,17-/m0/s1. The van der Waals surface area contributed by atoms with Gasteiger partial charge in [0.1, 0.15) is 6.04 Å². The first-order valence-corrected chi connectivity index (χ1v) is 9.50. The fourth-order valence-corrected chi connectivity index (χ4v) is 4.68. The Balaban J connectivity index is 1.70. The van der Waals surface area contributed by atoms with Crippen molar-refractivity contribution in [3.05, 3.63) is 0 Å². The average Bonchev–Trinajstić information content (AvgIpc) is 3.15. The fraction of sp³-hybridized carbons (Fsp3) is 0.833. The number of hydrogen-bond acceptors (Lipinski definition) is 4. The predicted octanol–water partition coefficient (Wildman–Crippen LogP) is 0.103. The van der Waals surface area contributed by atoms with Crippen LogP contribution in [0.5, 0.6) is 0 Å². The van der Waals surface area contributed by atoms with Crippen molar-refractivity contribution in [3.8, 4) is 0 Å². The second-order valence-corrected chi connectivity index (χ2v) is 7.83. The van der Waals surface area contributed by atoms with E-state index in [-0.39, 0.29) is 35.8 Å². The van der Waals surface area contributed by atoms with Crippen molar-refractivity contribution in [2.45, 2.75) is 64.1 Å². The Morgan fingerprint density at radius 2 is 1.84 bits per heavy atom. The molecule has 2 heterocycles. The van der Waals surface area contributed by atoms with Gasteiger partial charge in [-0.3, -0.25) is 19.3 Å². The zero-order valence-corrected chi connectivity index (χ0v) is 15.3. The zero-order chi connectivity index (χ0) is 18.0. The third kappa shape index (κ3) is 4.32. The van der Waals surface area contributed by atoms with Crippen LogP contribution in [0, 0.1) is 5.92 Å². The Labute approximate surface area is 149 Å². The summed E-state index contributed by atoms with van der Waals surface area (Å²) in [6, 6.07) is -0.0737. The first kappa shape index (κ1) is 18.2. The Morgan fingerprint density at radius 1 is 1.12 bits per heavy atom. The molecule has 2 N–H and O–H groups in total. The third-order valence-electron chi connectivity index (χ3n) is 5.79. The maximum absolute atomic E-state index is 13.1. The molecule has 3 amide bonds. The Morgan fingerprint density at radius 3 is 2.48 bits per heavy atom. The lowest BCUT2D eigenvalue weighted by Crippen LogP contribution is -2.63. The second kappa shape index (κ2) is 7.72. The zero-order valence-electron chi connectivity index (χ0n) is 15.3. The molecule has 0 aromatic rings. The number of nitrogens with one attached hydrogen (secondary N) is 2. The molecule has 3 atom stereocenters. The number of rotatable bonds is 5. The first-order valence-electron chi connectivity index (χ1n) is 9.50. The summed E-state index contributed by atoms with van der Waals surface area (Å²) in [4.78, 5) is 39.9. The van der Waals surface area contributed by atoms with Gasteiger partial charge in [-0.05, 0) is 25.2 Å². The molecule has 3 aliphatic rings. The molecule has 0 aromatic heterocycles. The van der Waals surface area contributed by atoms with Crippen molar-refractivity contribution < 1.29 is 14.4 Å². The van der Waals surface area contributed by atoms with Crippen LogP contribution in [0.4, 0.5) is 0 Å². The van der Waals surface area contributed by atoms with E-state index in [1.54, 1.807) is 0 Å². The quantitative estimate of drug-likeness (QED) is 0.737. The summed E-state index contributed by atoms with van der Waals surface area (Å²) in [5.74, 6) is 0.603. The van der Waals surface area contributed by atoms with Crippen molar-refractivity contribution in [1.29, 1.82) is 0 Å². The van der Waals surface area contributed by atoms with Crippen molar-refractivity contribution in [2.75, 3.05) is 26.2 Å². The Hall–Kier alpha value is -1.63. The van der Waals surface area contributed by atoms with Crippen molar-refractivity contribution >= 4 is 17.7 Å². The molecule has 0 aromatic carbocycles. The highest BCUT2D eigenvalue weighted by Crippen LogP contribution is 2.30. The fourth-order valence-electron chi connectivity index (χ4n) is 4.68. The van der Waals surface area contributed by atoms with Gasteiger partial charge < -0.3 is 15.5 Å². The number of amides is 3. The lowest BCUT2D eigenvalue weighted by Gasteiger charge is -2.43. The normalized spacial score (nSPS) is 30.4. The molecule has 1 aliphatic carbocycles. The van der Waals surface area contributed by atoms with Crippen LogP contribution in [0.2, 0.25) is 0 Å². The molecule has 0 bridgehead atoms. The lowest BCUT2D eigenvalue weighted by atomic mass is 10.0. The maximum atomic E-state index is 13.1. The molecule has 7 nitrogen and oxygen atoms in total. The predicted molar refractivity (Wildman–Crippen MR) is 93.7 cm³/mol. The highest BCUT2D eigenvalue weighted by Gasteiger charge is 2.45. The molecular weight excluding hydrogens is 320 g/mol. The number of hydrogen-bond donors (Lipinski definition) is 2. The smallest absolute Gasteiger partial charge is 0.242 e.